The number of halogens is 1. The van der Waals surface area contributed by atoms with Gasteiger partial charge in [-0.15, -0.1) is 0 Å². The molecule has 20 heavy (non-hydrogen) atoms. The fourth-order valence-corrected chi connectivity index (χ4v) is 2.13. The fraction of sp³-hybridized carbons (Fsp3) is 0.733. The average Bonchev–Trinajstić information content (AvgIpc) is 3.23. The second-order valence-corrected chi connectivity index (χ2v) is 5.90. The highest BCUT2D eigenvalue weighted by Gasteiger charge is 2.31. The summed E-state index contributed by atoms with van der Waals surface area (Å²) in [7, 11) is 0. The van der Waals surface area contributed by atoms with E-state index in [-0.39, 0.29) is 5.82 Å². The molecule has 0 aromatic carbocycles. The van der Waals surface area contributed by atoms with Crippen molar-refractivity contribution < 1.29 is 4.39 Å². The standard InChI is InChI=1S/C15H25FN4/c1-4-8-17-15-18-10-13(16)14(19-15)20(12-5-6-12)9-7-11(2)3/h10-12H,4-9H2,1-3H3,(H,17,18,19). The zero-order chi connectivity index (χ0) is 14.5. The van der Waals surface area contributed by atoms with Crippen LogP contribution in [0.3, 0.4) is 0 Å². The third-order valence-corrected chi connectivity index (χ3v) is 3.47. The van der Waals surface area contributed by atoms with Crippen LogP contribution in [0.1, 0.15) is 46.5 Å². The van der Waals surface area contributed by atoms with Crippen LogP contribution in [0, 0.1) is 11.7 Å². The van der Waals surface area contributed by atoms with Gasteiger partial charge < -0.3 is 10.2 Å². The molecule has 1 saturated carbocycles. The Morgan fingerprint density at radius 2 is 2.20 bits per heavy atom. The first-order chi connectivity index (χ1) is 9.61. The summed E-state index contributed by atoms with van der Waals surface area (Å²) >= 11 is 0. The van der Waals surface area contributed by atoms with E-state index in [2.05, 4.69) is 41.0 Å². The van der Waals surface area contributed by atoms with Crippen molar-refractivity contribution >= 4 is 11.8 Å². The second kappa shape index (κ2) is 6.86. The van der Waals surface area contributed by atoms with Crippen molar-refractivity contribution in [2.75, 3.05) is 23.3 Å². The van der Waals surface area contributed by atoms with Gasteiger partial charge in [-0.1, -0.05) is 20.8 Å². The van der Waals surface area contributed by atoms with E-state index in [1.807, 2.05) is 0 Å². The first-order valence-electron chi connectivity index (χ1n) is 7.64. The maximum atomic E-state index is 14.1. The molecule has 2 rings (SSSR count). The van der Waals surface area contributed by atoms with Gasteiger partial charge in [-0.05, 0) is 31.6 Å². The molecule has 0 amide bonds. The molecular formula is C15H25FN4. The third kappa shape index (κ3) is 4.05. The van der Waals surface area contributed by atoms with E-state index in [0.29, 0.717) is 23.7 Å². The van der Waals surface area contributed by atoms with Crippen molar-refractivity contribution in [1.29, 1.82) is 0 Å². The van der Waals surface area contributed by atoms with Crippen LogP contribution in [-0.2, 0) is 0 Å². The van der Waals surface area contributed by atoms with Gasteiger partial charge in [-0.25, -0.2) is 9.37 Å². The number of nitrogens with zero attached hydrogens (tertiary/aromatic N) is 3. The van der Waals surface area contributed by atoms with E-state index in [0.717, 1.165) is 38.8 Å². The fourth-order valence-electron chi connectivity index (χ4n) is 2.13. The van der Waals surface area contributed by atoms with Crippen LogP contribution < -0.4 is 10.2 Å². The van der Waals surface area contributed by atoms with Gasteiger partial charge in [0.15, 0.2) is 11.6 Å². The molecule has 5 heteroatoms. The van der Waals surface area contributed by atoms with Crippen molar-refractivity contribution in [1.82, 2.24) is 9.97 Å². The minimum Gasteiger partial charge on any atom is -0.354 e. The van der Waals surface area contributed by atoms with Crippen LogP contribution in [-0.4, -0.2) is 29.1 Å². The molecular weight excluding hydrogens is 255 g/mol. The van der Waals surface area contributed by atoms with Crippen molar-refractivity contribution in [3.8, 4) is 0 Å². The van der Waals surface area contributed by atoms with E-state index in [1.165, 1.54) is 6.20 Å². The Morgan fingerprint density at radius 3 is 2.80 bits per heavy atom. The predicted molar refractivity (Wildman–Crippen MR) is 80.6 cm³/mol. The van der Waals surface area contributed by atoms with Crippen LogP contribution in [0.2, 0.25) is 0 Å². The summed E-state index contributed by atoms with van der Waals surface area (Å²) in [4.78, 5) is 10.5. The van der Waals surface area contributed by atoms with Gasteiger partial charge in [-0.3, -0.25) is 0 Å². The SMILES string of the molecule is CCCNc1ncc(F)c(N(CCC(C)C)C2CC2)n1. The normalized spacial score (nSPS) is 14.7. The van der Waals surface area contributed by atoms with Gasteiger partial charge in [0.05, 0.1) is 6.20 Å². The Balaban J connectivity index is 2.13. The highest BCUT2D eigenvalue weighted by atomic mass is 19.1. The predicted octanol–water partition coefficient (Wildman–Crippen LogP) is 3.45. The molecule has 0 bridgehead atoms. The third-order valence-electron chi connectivity index (χ3n) is 3.47. The number of rotatable bonds is 8. The van der Waals surface area contributed by atoms with E-state index in [9.17, 15) is 4.39 Å². The molecule has 1 fully saturated rings. The molecule has 112 valence electrons. The maximum Gasteiger partial charge on any atom is 0.224 e. The number of aromatic nitrogens is 2. The highest BCUT2D eigenvalue weighted by molar-refractivity contribution is 5.46. The Hall–Kier alpha value is -1.39. The van der Waals surface area contributed by atoms with Crippen LogP contribution in [0.25, 0.3) is 0 Å². The summed E-state index contributed by atoms with van der Waals surface area (Å²) in [5, 5.41) is 3.13. The van der Waals surface area contributed by atoms with Crippen molar-refractivity contribution in [3.63, 3.8) is 0 Å². The molecule has 1 aromatic heterocycles. The topological polar surface area (TPSA) is 41.1 Å². The minimum absolute atomic E-state index is 0.317. The number of anilines is 2. The molecule has 0 atom stereocenters. The Kier molecular flexibility index (Phi) is 5.15. The smallest absolute Gasteiger partial charge is 0.224 e. The lowest BCUT2D eigenvalue weighted by molar-refractivity contribution is 0.552. The lowest BCUT2D eigenvalue weighted by atomic mass is 10.1. The van der Waals surface area contributed by atoms with Gasteiger partial charge >= 0.3 is 0 Å². The Labute approximate surface area is 120 Å². The first-order valence-corrected chi connectivity index (χ1v) is 7.64. The zero-order valence-corrected chi connectivity index (χ0v) is 12.7. The molecule has 1 aromatic rings. The van der Waals surface area contributed by atoms with Gasteiger partial charge in [-0.2, -0.15) is 4.98 Å². The highest BCUT2D eigenvalue weighted by Crippen LogP contribution is 2.32. The molecule has 4 nitrogen and oxygen atoms in total. The van der Waals surface area contributed by atoms with Gasteiger partial charge in [0.2, 0.25) is 5.95 Å². The van der Waals surface area contributed by atoms with Crippen molar-refractivity contribution in [3.05, 3.63) is 12.0 Å². The van der Waals surface area contributed by atoms with E-state index >= 15 is 0 Å². The molecule has 1 N–H and O–H groups in total. The van der Waals surface area contributed by atoms with Crippen molar-refractivity contribution in [2.24, 2.45) is 5.92 Å². The lowest BCUT2D eigenvalue weighted by Gasteiger charge is -2.25. The van der Waals surface area contributed by atoms with Gasteiger partial charge in [0.25, 0.3) is 0 Å². The molecule has 0 unspecified atom stereocenters. The quantitative estimate of drug-likeness (QED) is 0.792. The van der Waals surface area contributed by atoms with E-state index < -0.39 is 0 Å². The Bertz CT molecular complexity index is 432. The summed E-state index contributed by atoms with van der Waals surface area (Å²) < 4.78 is 14.1. The van der Waals surface area contributed by atoms with Crippen LogP contribution in [0.15, 0.2) is 6.20 Å². The zero-order valence-electron chi connectivity index (χ0n) is 12.7. The van der Waals surface area contributed by atoms with Crippen LogP contribution >= 0.6 is 0 Å². The first kappa shape index (κ1) is 15.0. The minimum atomic E-state index is -0.317. The van der Waals surface area contributed by atoms with Gasteiger partial charge in [0, 0.05) is 19.1 Å². The summed E-state index contributed by atoms with van der Waals surface area (Å²) in [6.45, 7) is 8.13. The van der Waals surface area contributed by atoms with Crippen molar-refractivity contribution in [2.45, 2.75) is 52.5 Å². The summed E-state index contributed by atoms with van der Waals surface area (Å²) in [5.41, 5.74) is 0. The average molecular weight is 280 g/mol. The summed E-state index contributed by atoms with van der Waals surface area (Å²) in [6, 6.07) is 0.456. The van der Waals surface area contributed by atoms with E-state index in [1.54, 1.807) is 0 Å². The van der Waals surface area contributed by atoms with Gasteiger partial charge in [0.1, 0.15) is 0 Å². The molecule has 1 aliphatic carbocycles. The molecule has 1 heterocycles. The molecule has 1 aliphatic rings. The maximum absolute atomic E-state index is 14.1. The monoisotopic (exact) mass is 280 g/mol. The Morgan fingerprint density at radius 1 is 1.45 bits per heavy atom. The van der Waals surface area contributed by atoms with E-state index in [4.69, 9.17) is 0 Å². The summed E-state index contributed by atoms with van der Waals surface area (Å²) in [5.74, 6) is 1.28. The van der Waals surface area contributed by atoms with Crippen LogP contribution in [0.5, 0.6) is 0 Å². The number of hydrogen-bond acceptors (Lipinski definition) is 4. The number of nitrogens with one attached hydrogen (secondary N) is 1. The lowest BCUT2D eigenvalue weighted by Crippen LogP contribution is -2.30. The molecule has 0 radical (unpaired) electrons. The second-order valence-electron chi connectivity index (χ2n) is 5.90. The molecule has 0 spiro atoms. The molecule has 0 saturated heterocycles. The summed E-state index contributed by atoms with van der Waals surface area (Å²) in [6.07, 6.45) is 5.61. The number of hydrogen-bond donors (Lipinski definition) is 1. The largest absolute Gasteiger partial charge is 0.354 e. The molecule has 0 aliphatic heterocycles. The van der Waals surface area contributed by atoms with Crippen LogP contribution in [0.4, 0.5) is 16.2 Å².